The minimum Gasteiger partial charge on any atom is -0.106 e. The van der Waals surface area contributed by atoms with Gasteiger partial charge in [0.15, 0.2) is 0 Å². The number of hydrogen-bond donors (Lipinski definition) is 0. The molecule has 0 aliphatic rings. The van der Waals surface area contributed by atoms with Crippen LogP contribution in [-0.2, 0) is 0 Å². The van der Waals surface area contributed by atoms with Crippen LogP contribution < -0.4 is 0 Å². The zero-order valence-corrected chi connectivity index (χ0v) is 19.6. The van der Waals surface area contributed by atoms with Crippen LogP contribution in [0.15, 0.2) is 68.8 Å². The topological polar surface area (TPSA) is 0 Å². The summed E-state index contributed by atoms with van der Waals surface area (Å²) in [4.78, 5) is 0. The first-order valence-electron chi connectivity index (χ1n) is 10.3. The molecule has 2 rings (SSSR count). The van der Waals surface area contributed by atoms with E-state index >= 15 is 0 Å². The lowest BCUT2D eigenvalue weighted by atomic mass is 9.96. The fourth-order valence-electron chi connectivity index (χ4n) is 2.96. The van der Waals surface area contributed by atoms with Gasteiger partial charge in [0, 0.05) is 10.6 Å². The van der Waals surface area contributed by atoms with Gasteiger partial charge in [-0.25, -0.2) is 0 Å². The molecule has 0 aliphatic heterocycles. The molecule has 2 aromatic carbocycles. The third-order valence-corrected chi connectivity index (χ3v) is 4.77. The molecule has 0 unspecified atom stereocenters. The number of hydrogen-bond acceptors (Lipinski definition) is 0. The maximum atomic E-state index is 6.20. The van der Waals surface area contributed by atoms with Gasteiger partial charge in [0.25, 0.3) is 0 Å². The van der Waals surface area contributed by atoms with Gasteiger partial charge >= 0.3 is 0 Å². The normalized spacial score (nSPS) is 9.25. The van der Waals surface area contributed by atoms with Crippen LogP contribution in [0.3, 0.4) is 0 Å². The quantitative estimate of drug-likeness (QED) is 0.423. The average Bonchev–Trinajstić information content (AvgIpc) is 2.72. The second-order valence-corrected chi connectivity index (χ2v) is 7.11. The van der Waals surface area contributed by atoms with Crippen molar-refractivity contribution in [3.05, 3.63) is 84.9 Å². The highest BCUT2D eigenvalue weighted by atomic mass is 35.5. The van der Waals surface area contributed by atoms with E-state index in [1.54, 1.807) is 0 Å². The molecule has 0 radical (unpaired) electrons. The minimum atomic E-state index is 0.818. The van der Waals surface area contributed by atoms with Gasteiger partial charge in [0.05, 0.1) is 0 Å². The van der Waals surface area contributed by atoms with E-state index in [4.69, 9.17) is 11.6 Å². The molecule has 0 atom stereocenters. The summed E-state index contributed by atoms with van der Waals surface area (Å²) < 4.78 is 0. The highest BCUT2D eigenvalue weighted by Gasteiger charge is 2.03. The lowest BCUT2D eigenvalue weighted by molar-refractivity contribution is 0.427. The molecule has 0 spiro atoms. The third kappa shape index (κ3) is 11.8. The van der Waals surface area contributed by atoms with Crippen molar-refractivity contribution in [2.75, 3.05) is 0 Å². The van der Waals surface area contributed by atoms with E-state index in [0.29, 0.717) is 0 Å². The molecule has 0 bridgehead atoms. The Kier molecular flexibility index (Phi) is 18.8. The number of halogens is 1. The summed E-state index contributed by atoms with van der Waals surface area (Å²) in [7, 11) is 0. The fourth-order valence-corrected chi connectivity index (χ4v) is 3.30. The zero-order valence-electron chi connectivity index (χ0n) is 18.9. The smallest absolute Gasteiger partial charge is 0.0487 e. The maximum absolute atomic E-state index is 6.20. The Labute approximate surface area is 180 Å². The Morgan fingerprint density at radius 2 is 1.21 bits per heavy atom. The van der Waals surface area contributed by atoms with Crippen LogP contribution >= 0.6 is 11.6 Å². The molecule has 156 valence electrons. The van der Waals surface area contributed by atoms with Crippen LogP contribution in [0.2, 0.25) is 5.02 Å². The Balaban J connectivity index is 0. The molecule has 1 heteroatoms. The molecule has 0 saturated carbocycles. The Morgan fingerprint density at radius 1 is 0.750 bits per heavy atom. The summed E-state index contributed by atoms with van der Waals surface area (Å²) in [6.07, 6.45) is 6.97. The van der Waals surface area contributed by atoms with E-state index in [2.05, 4.69) is 90.4 Å². The van der Waals surface area contributed by atoms with Crippen LogP contribution in [-0.4, -0.2) is 0 Å². The van der Waals surface area contributed by atoms with E-state index in [1.807, 2.05) is 13.0 Å². The summed E-state index contributed by atoms with van der Waals surface area (Å²) in [5, 5.41) is 0.818. The predicted molar refractivity (Wildman–Crippen MR) is 132 cm³/mol. The van der Waals surface area contributed by atoms with Gasteiger partial charge in [-0.2, -0.15) is 0 Å². The standard InChI is InChI=1S/C14H13Cl.C9H20.2C2H4/c1-10-3-6-12(7-4-10)13-8-5-11(2)9-14(13)15;1-4-7-9(6-3)8-5-2;2*1-2/h3-9H,1-2H3;9H,4-8H2,1-3H3;2*1-2H2. The average molecular weight is 401 g/mol. The molecular weight excluding hydrogens is 360 g/mol. The second kappa shape index (κ2) is 18.6. The Hall–Kier alpha value is -1.79. The van der Waals surface area contributed by atoms with Crippen molar-refractivity contribution in [1.29, 1.82) is 0 Å². The first kappa shape index (κ1) is 28.4. The Bertz CT molecular complexity index is 605. The van der Waals surface area contributed by atoms with Gasteiger partial charge in [-0.05, 0) is 37.0 Å². The largest absolute Gasteiger partial charge is 0.106 e. The SMILES string of the molecule is C=C.C=C.CCCC(CC)CCC.Cc1ccc(-c2ccc(C)cc2Cl)cc1. The van der Waals surface area contributed by atoms with E-state index < -0.39 is 0 Å². The summed E-state index contributed by atoms with van der Waals surface area (Å²) in [6, 6.07) is 14.6. The van der Waals surface area contributed by atoms with Crippen molar-refractivity contribution in [2.24, 2.45) is 5.92 Å². The zero-order chi connectivity index (χ0) is 21.9. The van der Waals surface area contributed by atoms with Crippen molar-refractivity contribution in [3.8, 4) is 11.1 Å². The highest BCUT2D eigenvalue weighted by molar-refractivity contribution is 6.33. The van der Waals surface area contributed by atoms with Crippen molar-refractivity contribution in [2.45, 2.75) is 66.7 Å². The van der Waals surface area contributed by atoms with Crippen LogP contribution in [0.4, 0.5) is 0 Å². The molecule has 0 amide bonds. The molecule has 2 aromatic rings. The lowest BCUT2D eigenvalue weighted by Gasteiger charge is -2.10. The summed E-state index contributed by atoms with van der Waals surface area (Å²) in [6.45, 7) is 23.0. The highest BCUT2D eigenvalue weighted by Crippen LogP contribution is 2.28. The summed E-state index contributed by atoms with van der Waals surface area (Å²) in [5.41, 5.74) is 4.73. The van der Waals surface area contributed by atoms with E-state index in [1.165, 1.54) is 48.8 Å². The molecule has 0 nitrogen and oxygen atoms in total. The fraction of sp³-hybridized carbons (Fsp3) is 0.407. The monoisotopic (exact) mass is 400 g/mol. The van der Waals surface area contributed by atoms with Crippen LogP contribution in [0.25, 0.3) is 11.1 Å². The molecule has 0 aromatic heterocycles. The molecule has 0 heterocycles. The van der Waals surface area contributed by atoms with Crippen molar-refractivity contribution < 1.29 is 0 Å². The van der Waals surface area contributed by atoms with Crippen LogP contribution in [0.1, 0.15) is 64.0 Å². The van der Waals surface area contributed by atoms with E-state index in [9.17, 15) is 0 Å². The van der Waals surface area contributed by atoms with Gasteiger partial charge in [0.1, 0.15) is 0 Å². The number of rotatable bonds is 6. The summed E-state index contributed by atoms with van der Waals surface area (Å²) in [5.74, 6) is 1.01. The second-order valence-electron chi connectivity index (χ2n) is 6.70. The van der Waals surface area contributed by atoms with Gasteiger partial charge < -0.3 is 0 Å². The van der Waals surface area contributed by atoms with Gasteiger partial charge in [-0.15, -0.1) is 26.3 Å². The van der Waals surface area contributed by atoms with Crippen molar-refractivity contribution in [1.82, 2.24) is 0 Å². The van der Waals surface area contributed by atoms with Gasteiger partial charge in [-0.1, -0.05) is 106 Å². The van der Waals surface area contributed by atoms with Crippen LogP contribution in [0.5, 0.6) is 0 Å². The van der Waals surface area contributed by atoms with E-state index in [0.717, 1.165) is 16.5 Å². The number of aryl methyl sites for hydroxylation is 2. The Morgan fingerprint density at radius 3 is 1.61 bits per heavy atom. The first-order chi connectivity index (χ1) is 13.5. The van der Waals surface area contributed by atoms with Gasteiger partial charge in [-0.3, -0.25) is 0 Å². The molecule has 0 saturated heterocycles. The maximum Gasteiger partial charge on any atom is 0.0487 e. The molecule has 0 N–H and O–H groups in total. The number of benzene rings is 2. The van der Waals surface area contributed by atoms with Crippen molar-refractivity contribution in [3.63, 3.8) is 0 Å². The molecule has 28 heavy (non-hydrogen) atoms. The first-order valence-corrected chi connectivity index (χ1v) is 10.7. The van der Waals surface area contributed by atoms with Crippen LogP contribution in [0, 0.1) is 19.8 Å². The molecule has 0 aliphatic carbocycles. The molecular formula is C27H41Cl. The minimum absolute atomic E-state index is 0.818. The van der Waals surface area contributed by atoms with Crippen molar-refractivity contribution >= 4 is 11.6 Å². The van der Waals surface area contributed by atoms with Gasteiger partial charge in [0.2, 0.25) is 0 Å². The summed E-state index contributed by atoms with van der Waals surface area (Å²) >= 11 is 6.20. The molecule has 0 fully saturated rings. The third-order valence-electron chi connectivity index (χ3n) is 4.46. The predicted octanol–water partition coefficient (Wildman–Crippen LogP) is 9.84. The van der Waals surface area contributed by atoms with E-state index in [-0.39, 0.29) is 0 Å². The lowest BCUT2D eigenvalue weighted by Crippen LogP contribution is -1.96.